The highest BCUT2D eigenvalue weighted by Gasteiger charge is 2.18. The fraction of sp³-hybridized carbons (Fsp3) is 0.588. The van der Waals surface area contributed by atoms with Crippen LogP contribution < -0.4 is 0 Å². The highest BCUT2D eigenvalue weighted by Crippen LogP contribution is 2.12. The van der Waals surface area contributed by atoms with Gasteiger partial charge in [0, 0.05) is 45.7 Å². The van der Waals surface area contributed by atoms with Crippen molar-refractivity contribution < 1.29 is 23.4 Å². The molecule has 0 bridgehead atoms. The highest BCUT2D eigenvalue weighted by atomic mass is 19.1. The molecule has 0 aliphatic carbocycles. The Balaban J connectivity index is 1.74. The molecule has 1 aromatic carbocycles. The third-order valence-electron chi connectivity index (χ3n) is 4.11. The Bertz CT molecular complexity index is 551. The summed E-state index contributed by atoms with van der Waals surface area (Å²) in [6.07, 6.45) is -0.322. The maximum Gasteiger partial charge on any atom is 0.222 e. The first kappa shape index (κ1) is 18.8. The van der Waals surface area contributed by atoms with E-state index in [-0.39, 0.29) is 25.3 Å². The van der Waals surface area contributed by atoms with Crippen molar-refractivity contribution in [1.29, 1.82) is 0 Å². The minimum atomic E-state index is -0.641. The normalized spacial score (nSPS) is 16.8. The number of aliphatic hydroxyl groups excluding tert-OH is 1. The summed E-state index contributed by atoms with van der Waals surface area (Å²) < 4.78 is 31.7. The highest BCUT2D eigenvalue weighted by molar-refractivity contribution is 5.76. The van der Waals surface area contributed by atoms with E-state index < -0.39 is 17.7 Å². The van der Waals surface area contributed by atoms with Gasteiger partial charge in [0.1, 0.15) is 11.6 Å². The zero-order valence-electron chi connectivity index (χ0n) is 13.9. The van der Waals surface area contributed by atoms with Crippen LogP contribution in [-0.2, 0) is 16.0 Å². The summed E-state index contributed by atoms with van der Waals surface area (Å²) in [4.78, 5) is 15.7. The molecular formula is C17H24F2N2O3. The monoisotopic (exact) mass is 342 g/mol. The number of hydrogen-bond donors (Lipinski definition) is 1. The molecule has 1 atom stereocenters. The number of ether oxygens (including phenoxy) is 1. The standard InChI is InChI=1S/C17H24F2N2O3/c1-20(11-15(22)12-21-6-8-24-9-7-21)17(23)5-3-13-2-4-14(18)10-16(13)19/h2,4,10,15,22H,3,5-9,11-12H2,1H3. The van der Waals surface area contributed by atoms with Crippen LogP contribution in [0.4, 0.5) is 8.78 Å². The topological polar surface area (TPSA) is 53.0 Å². The molecule has 1 aliphatic heterocycles. The summed E-state index contributed by atoms with van der Waals surface area (Å²) in [5.41, 5.74) is 0.312. The van der Waals surface area contributed by atoms with Gasteiger partial charge < -0.3 is 14.7 Å². The van der Waals surface area contributed by atoms with Crippen molar-refractivity contribution in [2.24, 2.45) is 0 Å². The number of aliphatic hydroxyl groups is 1. The number of hydrogen-bond acceptors (Lipinski definition) is 4. The number of β-amino-alcohol motifs (C(OH)–C–C–N with tert-alkyl or cyclic N) is 1. The third-order valence-corrected chi connectivity index (χ3v) is 4.11. The smallest absolute Gasteiger partial charge is 0.222 e. The molecule has 134 valence electrons. The number of carbonyl (C=O) groups is 1. The average molecular weight is 342 g/mol. The number of aryl methyl sites for hydroxylation is 1. The van der Waals surface area contributed by atoms with Crippen molar-refractivity contribution in [2.75, 3.05) is 46.4 Å². The number of carbonyl (C=O) groups excluding carboxylic acids is 1. The lowest BCUT2D eigenvalue weighted by molar-refractivity contribution is -0.131. The summed E-state index contributed by atoms with van der Waals surface area (Å²) >= 11 is 0. The predicted molar refractivity (Wildman–Crippen MR) is 85.6 cm³/mol. The Morgan fingerprint density at radius 2 is 2.08 bits per heavy atom. The molecule has 1 heterocycles. The van der Waals surface area contributed by atoms with Crippen LogP contribution in [0.1, 0.15) is 12.0 Å². The van der Waals surface area contributed by atoms with Gasteiger partial charge in [-0.1, -0.05) is 6.07 Å². The molecule has 7 heteroatoms. The van der Waals surface area contributed by atoms with E-state index >= 15 is 0 Å². The molecule has 1 saturated heterocycles. The van der Waals surface area contributed by atoms with Gasteiger partial charge in [-0.15, -0.1) is 0 Å². The molecule has 1 fully saturated rings. The van der Waals surface area contributed by atoms with Gasteiger partial charge in [-0.2, -0.15) is 0 Å². The van der Waals surface area contributed by atoms with E-state index in [9.17, 15) is 18.7 Å². The summed E-state index contributed by atoms with van der Waals surface area (Å²) in [7, 11) is 1.62. The second-order valence-electron chi connectivity index (χ2n) is 6.08. The number of nitrogens with zero attached hydrogens (tertiary/aromatic N) is 2. The van der Waals surface area contributed by atoms with Gasteiger partial charge in [0.05, 0.1) is 19.3 Å². The lowest BCUT2D eigenvalue weighted by Gasteiger charge is -2.30. The van der Waals surface area contributed by atoms with Gasteiger partial charge in [-0.25, -0.2) is 8.78 Å². The van der Waals surface area contributed by atoms with Crippen LogP contribution >= 0.6 is 0 Å². The zero-order chi connectivity index (χ0) is 17.5. The quantitative estimate of drug-likeness (QED) is 0.805. The van der Waals surface area contributed by atoms with Crippen molar-refractivity contribution in [2.45, 2.75) is 18.9 Å². The second kappa shape index (κ2) is 9.05. The van der Waals surface area contributed by atoms with E-state index in [4.69, 9.17) is 4.74 Å². The van der Waals surface area contributed by atoms with Gasteiger partial charge in [-0.05, 0) is 18.1 Å². The Labute approximate surface area is 140 Å². The fourth-order valence-corrected chi connectivity index (χ4v) is 2.71. The summed E-state index contributed by atoms with van der Waals surface area (Å²) in [6.45, 7) is 3.59. The first-order valence-corrected chi connectivity index (χ1v) is 8.12. The number of benzene rings is 1. The fourth-order valence-electron chi connectivity index (χ4n) is 2.71. The van der Waals surface area contributed by atoms with E-state index in [0.29, 0.717) is 25.3 Å². The van der Waals surface area contributed by atoms with E-state index in [0.717, 1.165) is 19.2 Å². The number of rotatable bonds is 7. The van der Waals surface area contributed by atoms with Gasteiger partial charge >= 0.3 is 0 Å². The van der Waals surface area contributed by atoms with Gasteiger partial charge in [0.2, 0.25) is 5.91 Å². The van der Waals surface area contributed by atoms with E-state index in [1.165, 1.54) is 17.0 Å². The van der Waals surface area contributed by atoms with Crippen molar-refractivity contribution in [3.8, 4) is 0 Å². The maximum atomic E-state index is 13.6. The molecule has 0 saturated carbocycles. The largest absolute Gasteiger partial charge is 0.390 e. The number of amides is 1. The van der Waals surface area contributed by atoms with Gasteiger partial charge in [0.25, 0.3) is 0 Å². The molecular weight excluding hydrogens is 318 g/mol. The van der Waals surface area contributed by atoms with Crippen LogP contribution in [0.25, 0.3) is 0 Å². The first-order chi connectivity index (χ1) is 11.5. The van der Waals surface area contributed by atoms with Crippen LogP contribution in [0.2, 0.25) is 0 Å². The Morgan fingerprint density at radius 1 is 1.38 bits per heavy atom. The molecule has 5 nitrogen and oxygen atoms in total. The summed E-state index contributed by atoms with van der Waals surface area (Å²) in [5, 5.41) is 10.1. The van der Waals surface area contributed by atoms with E-state index in [1.54, 1.807) is 7.05 Å². The van der Waals surface area contributed by atoms with Crippen molar-refractivity contribution in [3.05, 3.63) is 35.4 Å². The molecule has 1 amide bonds. The Hall–Kier alpha value is -1.57. The van der Waals surface area contributed by atoms with Crippen molar-refractivity contribution >= 4 is 5.91 Å². The van der Waals surface area contributed by atoms with E-state index in [1.807, 2.05) is 0 Å². The predicted octanol–water partition coefficient (Wildman–Crippen LogP) is 1.05. The van der Waals surface area contributed by atoms with Gasteiger partial charge in [0.15, 0.2) is 0 Å². The van der Waals surface area contributed by atoms with Gasteiger partial charge in [-0.3, -0.25) is 9.69 Å². The van der Waals surface area contributed by atoms with Crippen LogP contribution in [0.3, 0.4) is 0 Å². The molecule has 0 aromatic heterocycles. The van der Waals surface area contributed by atoms with E-state index in [2.05, 4.69) is 4.90 Å². The Morgan fingerprint density at radius 3 is 2.75 bits per heavy atom. The molecule has 24 heavy (non-hydrogen) atoms. The third kappa shape index (κ3) is 5.81. The summed E-state index contributed by atoms with van der Waals surface area (Å²) in [5.74, 6) is -1.46. The minimum Gasteiger partial charge on any atom is -0.390 e. The van der Waals surface area contributed by atoms with Crippen LogP contribution in [0.15, 0.2) is 18.2 Å². The van der Waals surface area contributed by atoms with Crippen molar-refractivity contribution in [1.82, 2.24) is 9.80 Å². The SMILES string of the molecule is CN(CC(O)CN1CCOCC1)C(=O)CCc1ccc(F)cc1F. The number of morpholine rings is 1. The Kier molecular flexibility index (Phi) is 7.08. The van der Waals surface area contributed by atoms with Crippen LogP contribution in [-0.4, -0.2) is 73.4 Å². The zero-order valence-corrected chi connectivity index (χ0v) is 13.9. The lowest BCUT2D eigenvalue weighted by Crippen LogP contribution is -2.45. The molecule has 1 N–H and O–H groups in total. The number of likely N-dealkylation sites (N-methyl/N-ethyl adjacent to an activating group) is 1. The molecule has 1 aliphatic rings. The average Bonchev–Trinajstić information content (AvgIpc) is 2.54. The van der Waals surface area contributed by atoms with Crippen LogP contribution in [0.5, 0.6) is 0 Å². The van der Waals surface area contributed by atoms with Crippen molar-refractivity contribution in [3.63, 3.8) is 0 Å². The minimum absolute atomic E-state index is 0.114. The maximum absolute atomic E-state index is 13.6. The summed E-state index contributed by atoms with van der Waals surface area (Å²) in [6, 6.07) is 3.35. The molecule has 1 aromatic rings. The lowest BCUT2D eigenvalue weighted by atomic mass is 10.1. The second-order valence-corrected chi connectivity index (χ2v) is 6.08. The molecule has 1 unspecified atom stereocenters. The molecule has 0 radical (unpaired) electrons. The van der Waals surface area contributed by atoms with Crippen LogP contribution in [0, 0.1) is 11.6 Å². The first-order valence-electron chi connectivity index (χ1n) is 8.12. The molecule has 0 spiro atoms. The number of halogens is 2. The molecule has 2 rings (SSSR count).